The van der Waals surface area contributed by atoms with Crippen LogP contribution in [0.3, 0.4) is 0 Å². The Kier molecular flexibility index (Phi) is 6.71. The number of aromatic nitrogens is 2. The molecule has 3 rings (SSSR count). The average molecular weight is 443 g/mol. The van der Waals surface area contributed by atoms with E-state index in [9.17, 15) is 14.4 Å². The topological polar surface area (TPSA) is 120 Å². The van der Waals surface area contributed by atoms with E-state index in [0.29, 0.717) is 17.0 Å². The van der Waals surface area contributed by atoms with Gasteiger partial charge in [-0.05, 0) is 49.7 Å². The monoisotopic (exact) mass is 443 g/mol. The Bertz CT molecular complexity index is 1120. The van der Waals surface area contributed by atoms with Gasteiger partial charge in [0.1, 0.15) is 21.3 Å². The largest absolute Gasteiger partial charge is 0.497 e. The fourth-order valence-corrected chi connectivity index (χ4v) is 3.94. The maximum atomic E-state index is 12.8. The molecule has 1 aromatic carbocycles. The second kappa shape index (κ2) is 9.43. The number of anilines is 1. The number of H-pyrrole nitrogens is 1. The molecule has 3 aromatic rings. The van der Waals surface area contributed by atoms with Crippen LogP contribution >= 0.6 is 11.3 Å². The molecule has 0 fully saturated rings. The molecule has 0 aliphatic rings. The molecule has 10 heteroatoms. The first kappa shape index (κ1) is 22.0. The highest BCUT2D eigenvalue weighted by atomic mass is 32.1. The zero-order chi connectivity index (χ0) is 22.5. The van der Waals surface area contributed by atoms with E-state index in [1.165, 1.54) is 7.11 Å². The molecule has 2 N–H and O–H groups in total. The van der Waals surface area contributed by atoms with E-state index in [1.54, 1.807) is 39.2 Å². The number of amides is 1. The molecule has 2 aromatic heterocycles. The molecule has 9 nitrogen and oxygen atoms in total. The summed E-state index contributed by atoms with van der Waals surface area (Å²) in [5.41, 5.74) is 2.04. The van der Waals surface area contributed by atoms with Crippen LogP contribution in [0, 0.1) is 6.92 Å². The molecular formula is C21H21N3O6S. The quantitative estimate of drug-likeness (QED) is 0.535. The summed E-state index contributed by atoms with van der Waals surface area (Å²) in [6.07, 6.45) is 0. The zero-order valence-corrected chi connectivity index (χ0v) is 18.2. The van der Waals surface area contributed by atoms with Crippen LogP contribution in [0.1, 0.15) is 43.0 Å². The number of hydrogen-bond donors (Lipinski definition) is 2. The molecule has 162 valence electrons. The van der Waals surface area contributed by atoms with E-state index in [-0.39, 0.29) is 27.7 Å². The summed E-state index contributed by atoms with van der Waals surface area (Å²) in [4.78, 5) is 37.5. The summed E-state index contributed by atoms with van der Waals surface area (Å²) in [7, 11) is 2.80. The third-order valence-corrected chi connectivity index (χ3v) is 5.62. The first-order chi connectivity index (χ1) is 14.9. The van der Waals surface area contributed by atoms with Crippen LogP contribution in [-0.4, -0.2) is 48.9 Å². The van der Waals surface area contributed by atoms with Crippen molar-refractivity contribution in [2.75, 3.05) is 26.1 Å². The lowest BCUT2D eigenvalue weighted by atomic mass is 10.1. The Hall–Kier alpha value is -3.66. The van der Waals surface area contributed by atoms with Crippen LogP contribution in [0.4, 0.5) is 5.00 Å². The molecule has 31 heavy (non-hydrogen) atoms. The van der Waals surface area contributed by atoms with Crippen LogP contribution in [0.15, 0.2) is 30.3 Å². The highest BCUT2D eigenvalue weighted by Gasteiger charge is 2.27. The number of esters is 2. The Labute approximate surface area is 182 Å². The van der Waals surface area contributed by atoms with Crippen molar-refractivity contribution in [3.8, 4) is 17.0 Å². The molecule has 0 aliphatic carbocycles. The van der Waals surface area contributed by atoms with E-state index in [2.05, 4.69) is 15.5 Å². The van der Waals surface area contributed by atoms with Gasteiger partial charge in [0.15, 0.2) is 0 Å². The van der Waals surface area contributed by atoms with Crippen molar-refractivity contribution in [2.45, 2.75) is 13.8 Å². The SMILES string of the molecule is CCOC(=O)c1sc(NC(=O)c2cc(-c3ccc(OC)cc3)n[nH]2)c(C(=O)OC)c1C. The van der Waals surface area contributed by atoms with Gasteiger partial charge in [-0.15, -0.1) is 11.3 Å². The molecule has 0 aliphatic heterocycles. The van der Waals surface area contributed by atoms with Gasteiger partial charge in [0.25, 0.3) is 5.91 Å². The van der Waals surface area contributed by atoms with Crippen LogP contribution in [0.2, 0.25) is 0 Å². The number of carbonyl (C=O) groups is 3. The summed E-state index contributed by atoms with van der Waals surface area (Å²) in [5.74, 6) is -1.05. The molecule has 2 heterocycles. The van der Waals surface area contributed by atoms with Crippen molar-refractivity contribution in [3.63, 3.8) is 0 Å². The van der Waals surface area contributed by atoms with Crippen LogP contribution in [0.5, 0.6) is 5.75 Å². The minimum absolute atomic E-state index is 0.110. The second-order valence-corrected chi connectivity index (χ2v) is 7.34. The van der Waals surface area contributed by atoms with Gasteiger partial charge in [-0.3, -0.25) is 9.89 Å². The lowest BCUT2D eigenvalue weighted by Gasteiger charge is -2.04. The minimum Gasteiger partial charge on any atom is -0.497 e. The van der Waals surface area contributed by atoms with Crippen LogP contribution in [-0.2, 0) is 9.47 Å². The maximum Gasteiger partial charge on any atom is 0.348 e. The zero-order valence-electron chi connectivity index (χ0n) is 17.4. The van der Waals surface area contributed by atoms with Crippen LogP contribution < -0.4 is 10.1 Å². The van der Waals surface area contributed by atoms with Gasteiger partial charge in [0.2, 0.25) is 0 Å². The fourth-order valence-electron chi connectivity index (χ4n) is 2.86. The number of nitrogens with zero attached hydrogens (tertiary/aromatic N) is 1. The van der Waals surface area contributed by atoms with E-state index in [1.807, 2.05) is 12.1 Å². The highest BCUT2D eigenvalue weighted by molar-refractivity contribution is 7.18. The number of methoxy groups -OCH3 is 2. The van der Waals surface area contributed by atoms with Gasteiger partial charge >= 0.3 is 11.9 Å². The van der Waals surface area contributed by atoms with Gasteiger partial charge in [-0.2, -0.15) is 5.10 Å². The molecular weight excluding hydrogens is 422 g/mol. The number of aromatic amines is 1. The molecule has 0 atom stereocenters. The fraction of sp³-hybridized carbons (Fsp3) is 0.238. The lowest BCUT2D eigenvalue weighted by Crippen LogP contribution is -2.14. The van der Waals surface area contributed by atoms with E-state index in [0.717, 1.165) is 16.9 Å². The van der Waals surface area contributed by atoms with Crippen molar-refractivity contribution < 1.29 is 28.6 Å². The molecule has 0 saturated carbocycles. The summed E-state index contributed by atoms with van der Waals surface area (Å²) in [6.45, 7) is 3.47. The summed E-state index contributed by atoms with van der Waals surface area (Å²) < 4.78 is 15.0. The first-order valence-electron chi connectivity index (χ1n) is 9.29. The van der Waals surface area contributed by atoms with E-state index < -0.39 is 17.8 Å². The van der Waals surface area contributed by atoms with Crippen LogP contribution in [0.25, 0.3) is 11.3 Å². The standard InChI is InChI=1S/C21H21N3O6S/c1-5-30-21(27)17-11(2)16(20(26)29-4)19(31-17)22-18(25)15-10-14(23-24-15)12-6-8-13(28-3)9-7-12/h6-10H,5H2,1-4H3,(H,22,25)(H,23,24). The molecule has 0 unspecified atom stereocenters. The lowest BCUT2D eigenvalue weighted by molar-refractivity contribution is 0.0531. The highest BCUT2D eigenvalue weighted by Crippen LogP contribution is 2.34. The van der Waals surface area contributed by atoms with E-state index in [4.69, 9.17) is 14.2 Å². The number of benzene rings is 1. The van der Waals surface area contributed by atoms with Crippen molar-refractivity contribution in [1.82, 2.24) is 10.2 Å². The van der Waals surface area contributed by atoms with Gasteiger partial charge in [-0.25, -0.2) is 9.59 Å². The third-order valence-electron chi connectivity index (χ3n) is 4.43. The summed E-state index contributed by atoms with van der Waals surface area (Å²) in [6, 6.07) is 8.80. The second-order valence-electron chi connectivity index (χ2n) is 6.32. The molecule has 0 saturated heterocycles. The average Bonchev–Trinajstić information content (AvgIpc) is 3.39. The number of thiophene rings is 1. The smallest absolute Gasteiger partial charge is 0.348 e. The summed E-state index contributed by atoms with van der Waals surface area (Å²) >= 11 is 0.953. The predicted molar refractivity (Wildman–Crippen MR) is 115 cm³/mol. The summed E-state index contributed by atoms with van der Waals surface area (Å²) in [5, 5.41) is 9.70. The number of ether oxygens (including phenoxy) is 3. The molecule has 0 spiro atoms. The Morgan fingerprint density at radius 1 is 1.13 bits per heavy atom. The molecule has 0 radical (unpaired) electrons. The van der Waals surface area contributed by atoms with Gasteiger partial charge in [-0.1, -0.05) is 0 Å². The first-order valence-corrected chi connectivity index (χ1v) is 10.1. The maximum absolute atomic E-state index is 12.8. The molecule has 0 bridgehead atoms. The number of carbonyl (C=O) groups excluding carboxylic acids is 3. The Balaban J connectivity index is 1.87. The van der Waals surface area contributed by atoms with Gasteiger partial charge < -0.3 is 19.5 Å². The Morgan fingerprint density at radius 3 is 2.45 bits per heavy atom. The van der Waals surface area contributed by atoms with Crippen molar-refractivity contribution in [1.29, 1.82) is 0 Å². The Morgan fingerprint density at radius 2 is 1.84 bits per heavy atom. The normalized spacial score (nSPS) is 10.5. The van der Waals surface area contributed by atoms with Gasteiger partial charge in [0.05, 0.1) is 32.1 Å². The van der Waals surface area contributed by atoms with E-state index >= 15 is 0 Å². The van der Waals surface area contributed by atoms with Gasteiger partial charge in [0, 0.05) is 5.56 Å². The van der Waals surface area contributed by atoms with Crippen molar-refractivity contribution in [2.24, 2.45) is 0 Å². The number of rotatable bonds is 7. The number of hydrogen-bond acceptors (Lipinski definition) is 8. The number of nitrogens with one attached hydrogen (secondary N) is 2. The molecule has 1 amide bonds. The van der Waals surface area contributed by atoms with Crippen molar-refractivity contribution in [3.05, 3.63) is 52.0 Å². The predicted octanol–water partition coefficient (Wildman–Crippen LogP) is 3.67. The minimum atomic E-state index is -0.664. The third kappa shape index (κ3) is 4.58. The van der Waals surface area contributed by atoms with Crippen molar-refractivity contribution >= 4 is 34.2 Å².